The van der Waals surface area contributed by atoms with E-state index in [-0.39, 0.29) is 5.91 Å². The van der Waals surface area contributed by atoms with E-state index in [1.165, 1.54) is 11.0 Å². The van der Waals surface area contributed by atoms with Crippen molar-refractivity contribution < 1.29 is 9.21 Å². The SMILES string of the molecule is O=C(NCCc1nc2ccccc2o1)[C@H](c1ccccc1)n1cnnn1. The molecule has 0 bridgehead atoms. The third kappa shape index (κ3) is 3.30. The van der Waals surface area contributed by atoms with Crippen LogP contribution in [0.5, 0.6) is 0 Å². The van der Waals surface area contributed by atoms with Crippen LogP contribution in [0.2, 0.25) is 0 Å². The molecule has 1 amide bonds. The average molecular weight is 348 g/mol. The Balaban J connectivity index is 1.45. The highest BCUT2D eigenvalue weighted by atomic mass is 16.3. The average Bonchev–Trinajstić information content (AvgIpc) is 3.32. The van der Waals surface area contributed by atoms with Gasteiger partial charge in [-0.15, -0.1) is 5.10 Å². The van der Waals surface area contributed by atoms with Gasteiger partial charge in [0, 0.05) is 13.0 Å². The number of tetrazole rings is 1. The number of aromatic nitrogens is 5. The highest BCUT2D eigenvalue weighted by Crippen LogP contribution is 2.17. The second-order valence-electron chi connectivity index (χ2n) is 5.72. The van der Waals surface area contributed by atoms with E-state index in [0.29, 0.717) is 18.9 Å². The van der Waals surface area contributed by atoms with Crippen molar-refractivity contribution in [2.24, 2.45) is 0 Å². The summed E-state index contributed by atoms with van der Waals surface area (Å²) in [5, 5.41) is 14.0. The number of nitrogens with zero attached hydrogens (tertiary/aromatic N) is 5. The monoisotopic (exact) mass is 348 g/mol. The van der Waals surface area contributed by atoms with Crippen LogP contribution in [0.25, 0.3) is 11.1 Å². The molecule has 130 valence electrons. The third-order valence-corrected chi connectivity index (χ3v) is 3.97. The minimum Gasteiger partial charge on any atom is -0.441 e. The molecule has 1 atom stereocenters. The lowest BCUT2D eigenvalue weighted by atomic mass is 10.1. The van der Waals surface area contributed by atoms with Gasteiger partial charge in [0.1, 0.15) is 11.8 Å². The van der Waals surface area contributed by atoms with Crippen LogP contribution in [0.1, 0.15) is 17.5 Å². The zero-order valence-electron chi connectivity index (χ0n) is 13.8. The van der Waals surface area contributed by atoms with Gasteiger partial charge in [-0.1, -0.05) is 42.5 Å². The molecule has 0 radical (unpaired) electrons. The minimum atomic E-state index is -0.630. The summed E-state index contributed by atoms with van der Waals surface area (Å²) in [5.41, 5.74) is 2.36. The summed E-state index contributed by atoms with van der Waals surface area (Å²) in [5.74, 6) is 0.393. The van der Waals surface area contributed by atoms with E-state index < -0.39 is 6.04 Å². The number of oxazole rings is 1. The molecule has 8 heteroatoms. The Morgan fingerprint density at radius 1 is 1.12 bits per heavy atom. The van der Waals surface area contributed by atoms with E-state index in [9.17, 15) is 4.79 Å². The van der Waals surface area contributed by atoms with E-state index in [4.69, 9.17) is 4.42 Å². The summed E-state index contributed by atoms with van der Waals surface area (Å²) >= 11 is 0. The Bertz CT molecular complexity index is 964. The molecule has 2 heterocycles. The quantitative estimate of drug-likeness (QED) is 0.570. The maximum absolute atomic E-state index is 12.7. The fourth-order valence-corrected chi connectivity index (χ4v) is 2.76. The fourth-order valence-electron chi connectivity index (χ4n) is 2.76. The number of nitrogens with one attached hydrogen (secondary N) is 1. The fraction of sp³-hybridized carbons (Fsp3) is 0.167. The van der Waals surface area contributed by atoms with E-state index in [1.807, 2.05) is 54.6 Å². The summed E-state index contributed by atoms with van der Waals surface area (Å²) < 4.78 is 7.10. The van der Waals surface area contributed by atoms with Crippen molar-refractivity contribution in [3.8, 4) is 0 Å². The van der Waals surface area contributed by atoms with Crippen LogP contribution in [-0.4, -0.2) is 37.6 Å². The van der Waals surface area contributed by atoms with Gasteiger partial charge in [-0.05, 0) is 28.1 Å². The van der Waals surface area contributed by atoms with Crippen LogP contribution in [0.3, 0.4) is 0 Å². The molecule has 0 aliphatic heterocycles. The molecule has 26 heavy (non-hydrogen) atoms. The molecule has 0 saturated heterocycles. The van der Waals surface area contributed by atoms with Crippen molar-refractivity contribution in [1.82, 2.24) is 30.5 Å². The summed E-state index contributed by atoms with van der Waals surface area (Å²) in [6.07, 6.45) is 1.93. The maximum Gasteiger partial charge on any atom is 0.249 e. The van der Waals surface area contributed by atoms with Gasteiger partial charge in [-0.3, -0.25) is 4.79 Å². The summed E-state index contributed by atoms with van der Waals surface area (Å²) in [4.78, 5) is 17.1. The summed E-state index contributed by atoms with van der Waals surface area (Å²) in [6.45, 7) is 0.400. The topological polar surface area (TPSA) is 98.7 Å². The number of benzene rings is 2. The van der Waals surface area contributed by atoms with E-state index in [2.05, 4.69) is 25.8 Å². The smallest absolute Gasteiger partial charge is 0.249 e. The second-order valence-corrected chi connectivity index (χ2v) is 5.72. The molecular formula is C18H16N6O2. The van der Waals surface area contributed by atoms with Gasteiger partial charge in [0.25, 0.3) is 0 Å². The number of rotatable bonds is 6. The molecule has 0 aliphatic rings. The molecule has 2 aromatic heterocycles. The minimum absolute atomic E-state index is 0.195. The lowest BCUT2D eigenvalue weighted by Crippen LogP contribution is -2.34. The molecule has 0 unspecified atom stereocenters. The first kappa shape index (κ1) is 15.9. The Labute approximate surface area is 148 Å². The van der Waals surface area contributed by atoms with Gasteiger partial charge >= 0.3 is 0 Å². The van der Waals surface area contributed by atoms with Crippen molar-refractivity contribution in [1.29, 1.82) is 0 Å². The van der Waals surface area contributed by atoms with Crippen molar-refractivity contribution >= 4 is 17.0 Å². The number of carbonyl (C=O) groups is 1. The van der Waals surface area contributed by atoms with Crippen molar-refractivity contribution in [3.63, 3.8) is 0 Å². The van der Waals surface area contributed by atoms with Gasteiger partial charge in [-0.2, -0.15) is 0 Å². The number of para-hydroxylation sites is 2. The summed E-state index contributed by atoms with van der Waals surface area (Å²) in [6, 6.07) is 16.3. The van der Waals surface area contributed by atoms with Gasteiger partial charge in [0.2, 0.25) is 5.91 Å². The number of hydrogen-bond donors (Lipinski definition) is 1. The standard InChI is InChI=1S/C18H16N6O2/c25-18(17(24-12-20-22-23-24)13-6-2-1-3-7-13)19-11-10-16-21-14-8-4-5-9-15(14)26-16/h1-9,12,17H,10-11H2,(H,19,25)/t17-/m0/s1. The predicted molar refractivity (Wildman–Crippen MR) is 93.1 cm³/mol. The Morgan fingerprint density at radius 2 is 1.92 bits per heavy atom. The largest absolute Gasteiger partial charge is 0.441 e. The van der Waals surface area contributed by atoms with Crippen molar-refractivity contribution in [2.45, 2.75) is 12.5 Å². The first-order valence-electron chi connectivity index (χ1n) is 8.21. The van der Waals surface area contributed by atoms with E-state index >= 15 is 0 Å². The molecule has 2 aromatic carbocycles. The van der Waals surface area contributed by atoms with Crippen molar-refractivity contribution in [3.05, 3.63) is 72.4 Å². The highest BCUT2D eigenvalue weighted by molar-refractivity contribution is 5.83. The molecule has 0 fully saturated rings. The van der Waals surface area contributed by atoms with Crippen LogP contribution in [-0.2, 0) is 11.2 Å². The Kier molecular flexibility index (Phi) is 4.38. The van der Waals surface area contributed by atoms with E-state index in [1.54, 1.807) is 0 Å². The summed E-state index contributed by atoms with van der Waals surface area (Å²) in [7, 11) is 0. The molecule has 1 N–H and O–H groups in total. The Hall–Kier alpha value is -3.55. The zero-order chi connectivity index (χ0) is 17.8. The number of fused-ring (bicyclic) bond motifs is 1. The van der Waals surface area contributed by atoms with Crippen LogP contribution >= 0.6 is 0 Å². The van der Waals surface area contributed by atoms with Gasteiger partial charge in [-0.25, -0.2) is 9.67 Å². The number of amides is 1. The molecular weight excluding hydrogens is 332 g/mol. The lowest BCUT2D eigenvalue weighted by Gasteiger charge is -2.16. The normalized spacial score (nSPS) is 12.2. The van der Waals surface area contributed by atoms with Gasteiger partial charge < -0.3 is 9.73 Å². The molecule has 0 spiro atoms. The lowest BCUT2D eigenvalue weighted by molar-refractivity contribution is -0.123. The number of carbonyl (C=O) groups excluding carboxylic acids is 1. The molecule has 4 rings (SSSR count). The molecule has 0 aliphatic carbocycles. The highest BCUT2D eigenvalue weighted by Gasteiger charge is 2.23. The van der Waals surface area contributed by atoms with Gasteiger partial charge in [0.05, 0.1) is 0 Å². The van der Waals surface area contributed by atoms with Crippen LogP contribution in [0.15, 0.2) is 65.3 Å². The second kappa shape index (κ2) is 7.14. The van der Waals surface area contributed by atoms with Crippen LogP contribution < -0.4 is 5.32 Å². The Morgan fingerprint density at radius 3 is 2.69 bits per heavy atom. The first-order chi connectivity index (χ1) is 12.8. The first-order valence-corrected chi connectivity index (χ1v) is 8.21. The maximum atomic E-state index is 12.7. The molecule has 8 nitrogen and oxygen atoms in total. The zero-order valence-corrected chi connectivity index (χ0v) is 13.8. The third-order valence-electron chi connectivity index (χ3n) is 3.97. The van der Waals surface area contributed by atoms with Crippen LogP contribution in [0, 0.1) is 0 Å². The van der Waals surface area contributed by atoms with Crippen LogP contribution in [0.4, 0.5) is 0 Å². The predicted octanol–water partition coefficient (Wildman–Crippen LogP) is 1.76. The van der Waals surface area contributed by atoms with Gasteiger partial charge in [0.15, 0.2) is 17.5 Å². The van der Waals surface area contributed by atoms with E-state index in [0.717, 1.165) is 16.7 Å². The molecule has 0 saturated carbocycles. The molecule has 4 aromatic rings. The number of hydrogen-bond acceptors (Lipinski definition) is 6. The van der Waals surface area contributed by atoms with Crippen molar-refractivity contribution in [2.75, 3.05) is 6.54 Å².